The number of Topliss-reactive ketones (excluding diaryl/α,β-unsaturated/α-hetero) is 2. The molecule has 1 saturated heterocycles. The first-order valence-electron chi connectivity index (χ1n) is 6.36. The van der Waals surface area contributed by atoms with E-state index >= 15 is 0 Å². The number of amides is 1. The second-order valence-corrected chi connectivity index (χ2v) is 5.19. The Balaban J connectivity index is 2.29. The van der Waals surface area contributed by atoms with Crippen molar-refractivity contribution >= 4 is 17.5 Å². The molecule has 0 bridgehead atoms. The topological polar surface area (TPSA) is 54.5 Å². The van der Waals surface area contributed by atoms with Crippen molar-refractivity contribution in [2.45, 2.75) is 26.8 Å². The van der Waals surface area contributed by atoms with E-state index in [1.807, 2.05) is 26.8 Å². The third-order valence-electron chi connectivity index (χ3n) is 3.37. The third-order valence-corrected chi connectivity index (χ3v) is 3.37. The van der Waals surface area contributed by atoms with Crippen LogP contribution in [0.3, 0.4) is 0 Å². The van der Waals surface area contributed by atoms with E-state index in [9.17, 15) is 14.4 Å². The molecule has 2 rings (SSSR count). The first-order valence-corrected chi connectivity index (χ1v) is 6.36. The van der Waals surface area contributed by atoms with Gasteiger partial charge in [-0.15, -0.1) is 0 Å². The Labute approximate surface area is 112 Å². The predicted octanol–water partition coefficient (Wildman–Crippen LogP) is 1.61. The lowest BCUT2D eigenvalue weighted by molar-refractivity contribution is -0.131. The Morgan fingerprint density at radius 3 is 2.53 bits per heavy atom. The quantitative estimate of drug-likeness (QED) is 0.612. The lowest BCUT2D eigenvalue weighted by Gasteiger charge is -2.19. The predicted molar refractivity (Wildman–Crippen MR) is 70.9 cm³/mol. The molecule has 0 saturated carbocycles. The van der Waals surface area contributed by atoms with Crippen LogP contribution in [0.2, 0.25) is 0 Å². The molecule has 1 aliphatic rings. The second-order valence-electron chi connectivity index (χ2n) is 5.19. The van der Waals surface area contributed by atoms with Gasteiger partial charge in [0.05, 0.1) is 6.54 Å². The number of carbonyl (C=O) groups excluding carboxylic acids is 3. The fraction of sp³-hybridized carbons (Fsp3) is 0.400. The van der Waals surface area contributed by atoms with Crippen LogP contribution in [0, 0.1) is 12.8 Å². The summed E-state index contributed by atoms with van der Waals surface area (Å²) < 4.78 is 0. The molecule has 1 fully saturated rings. The molecular formula is C15H17NO3. The molecule has 0 radical (unpaired) electrons. The minimum atomic E-state index is -1.15. The van der Waals surface area contributed by atoms with Gasteiger partial charge in [0, 0.05) is 11.6 Å². The first-order chi connectivity index (χ1) is 8.91. The molecule has 1 atom stereocenters. The van der Waals surface area contributed by atoms with Crippen LogP contribution in [-0.2, 0) is 9.59 Å². The smallest absolute Gasteiger partial charge is 0.241 e. The van der Waals surface area contributed by atoms with Crippen LogP contribution in [0.1, 0.15) is 29.8 Å². The van der Waals surface area contributed by atoms with Gasteiger partial charge in [0.25, 0.3) is 0 Å². The van der Waals surface area contributed by atoms with Crippen LogP contribution < -0.4 is 0 Å². The Hall–Kier alpha value is -1.97. The number of nitrogens with zero attached hydrogens (tertiary/aromatic N) is 1. The van der Waals surface area contributed by atoms with Gasteiger partial charge < -0.3 is 4.90 Å². The molecule has 1 heterocycles. The Morgan fingerprint density at radius 2 is 2.00 bits per heavy atom. The van der Waals surface area contributed by atoms with Crippen molar-refractivity contribution in [1.82, 2.24) is 4.90 Å². The van der Waals surface area contributed by atoms with E-state index in [-0.39, 0.29) is 30.1 Å². The fourth-order valence-electron chi connectivity index (χ4n) is 2.30. The van der Waals surface area contributed by atoms with Gasteiger partial charge in [0.1, 0.15) is 0 Å². The molecule has 1 unspecified atom stereocenters. The van der Waals surface area contributed by atoms with Crippen LogP contribution in [0.5, 0.6) is 0 Å². The minimum absolute atomic E-state index is 0.0404. The number of rotatable bonds is 3. The van der Waals surface area contributed by atoms with Gasteiger partial charge in [-0.25, -0.2) is 0 Å². The zero-order valence-corrected chi connectivity index (χ0v) is 11.3. The summed E-state index contributed by atoms with van der Waals surface area (Å²) >= 11 is 0. The summed E-state index contributed by atoms with van der Waals surface area (Å²) in [5.74, 6) is -2.21. The summed E-state index contributed by atoms with van der Waals surface area (Å²) in [4.78, 5) is 37.8. The van der Waals surface area contributed by atoms with Crippen LogP contribution in [-0.4, -0.2) is 35.0 Å². The molecule has 1 aromatic rings. The maximum atomic E-state index is 12.3. The first kappa shape index (κ1) is 13.5. The highest BCUT2D eigenvalue weighted by atomic mass is 16.2. The molecular weight excluding hydrogens is 242 g/mol. The van der Waals surface area contributed by atoms with E-state index in [1.165, 1.54) is 4.90 Å². The molecule has 100 valence electrons. The lowest BCUT2D eigenvalue weighted by atomic mass is 9.94. The Kier molecular flexibility index (Phi) is 3.51. The minimum Gasteiger partial charge on any atom is -0.332 e. The number of ketones is 2. The number of carbonyl (C=O) groups is 3. The zero-order valence-electron chi connectivity index (χ0n) is 11.3. The molecule has 0 spiro atoms. The molecule has 0 aromatic heterocycles. The van der Waals surface area contributed by atoms with E-state index < -0.39 is 5.92 Å². The molecule has 1 aliphatic heterocycles. The summed E-state index contributed by atoms with van der Waals surface area (Å²) in [6.45, 7) is 5.59. The van der Waals surface area contributed by atoms with Crippen molar-refractivity contribution in [3.05, 3.63) is 35.4 Å². The summed E-state index contributed by atoms with van der Waals surface area (Å²) in [5.41, 5.74) is 1.36. The maximum absolute atomic E-state index is 12.3. The van der Waals surface area contributed by atoms with Crippen LogP contribution in [0.15, 0.2) is 24.3 Å². The highest BCUT2D eigenvalue weighted by Gasteiger charge is 2.44. The second kappa shape index (κ2) is 4.96. The Bertz CT molecular complexity index is 548. The average Bonchev–Trinajstić information content (AvgIpc) is 2.64. The SMILES string of the molecule is Cc1cccc(C(=O)C2C(=O)CN(C(C)C)C2=O)c1. The number of hydrogen-bond donors (Lipinski definition) is 0. The van der Waals surface area contributed by atoms with Crippen LogP contribution in [0.4, 0.5) is 0 Å². The number of hydrogen-bond acceptors (Lipinski definition) is 3. The highest BCUT2D eigenvalue weighted by molar-refractivity contribution is 6.27. The number of benzene rings is 1. The molecule has 0 aliphatic carbocycles. The van der Waals surface area contributed by atoms with Gasteiger partial charge in [-0.2, -0.15) is 0 Å². The van der Waals surface area contributed by atoms with Crippen molar-refractivity contribution in [2.75, 3.05) is 6.54 Å². The normalized spacial score (nSPS) is 19.4. The van der Waals surface area contributed by atoms with E-state index in [2.05, 4.69) is 0 Å². The monoisotopic (exact) mass is 259 g/mol. The largest absolute Gasteiger partial charge is 0.332 e. The number of likely N-dealkylation sites (tertiary alicyclic amines) is 1. The summed E-state index contributed by atoms with van der Waals surface area (Å²) in [6, 6.07) is 6.92. The van der Waals surface area contributed by atoms with Gasteiger partial charge in [-0.3, -0.25) is 14.4 Å². The molecule has 4 nitrogen and oxygen atoms in total. The number of aryl methyl sites for hydroxylation is 1. The maximum Gasteiger partial charge on any atom is 0.241 e. The fourth-order valence-corrected chi connectivity index (χ4v) is 2.30. The van der Waals surface area contributed by atoms with Crippen molar-refractivity contribution in [1.29, 1.82) is 0 Å². The van der Waals surface area contributed by atoms with E-state index in [0.29, 0.717) is 5.56 Å². The standard InChI is InChI=1S/C15H17NO3/c1-9(2)16-8-12(17)13(15(16)19)14(18)11-6-4-5-10(3)7-11/h4-7,9,13H,8H2,1-3H3. The van der Waals surface area contributed by atoms with Gasteiger partial charge in [0.2, 0.25) is 5.91 Å². The van der Waals surface area contributed by atoms with Gasteiger partial charge in [-0.05, 0) is 26.8 Å². The summed E-state index contributed by atoms with van der Waals surface area (Å²) in [7, 11) is 0. The van der Waals surface area contributed by atoms with Gasteiger partial charge >= 0.3 is 0 Å². The summed E-state index contributed by atoms with van der Waals surface area (Å²) in [6.07, 6.45) is 0. The Morgan fingerprint density at radius 1 is 1.32 bits per heavy atom. The van der Waals surface area contributed by atoms with Crippen molar-refractivity contribution in [2.24, 2.45) is 5.92 Å². The molecule has 0 N–H and O–H groups in total. The van der Waals surface area contributed by atoms with Crippen molar-refractivity contribution in [3.63, 3.8) is 0 Å². The zero-order chi connectivity index (χ0) is 14.2. The van der Waals surface area contributed by atoms with Crippen LogP contribution >= 0.6 is 0 Å². The van der Waals surface area contributed by atoms with Crippen molar-refractivity contribution in [3.8, 4) is 0 Å². The molecule has 4 heteroatoms. The third kappa shape index (κ3) is 2.43. The molecule has 1 aromatic carbocycles. The highest BCUT2D eigenvalue weighted by Crippen LogP contribution is 2.22. The van der Waals surface area contributed by atoms with E-state index in [1.54, 1.807) is 18.2 Å². The lowest BCUT2D eigenvalue weighted by Crippen LogP contribution is -2.35. The summed E-state index contributed by atoms with van der Waals surface area (Å²) in [5, 5.41) is 0. The average molecular weight is 259 g/mol. The molecule has 19 heavy (non-hydrogen) atoms. The van der Waals surface area contributed by atoms with E-state index in [4.69, 9.17) is 0 Å². The van der Waals surface area contributed by atoms with Gasteiger partial charge in [0.15, 0.2) is 17.5 Å². The van der Waals surface area contributed by atoms with E-state index in [0.717, 1.165) is 5.56 Å². The molecule has 1 amide bonds. The van der Waals surface area contributed by atoms with Crippen LogP contribution in [0.25, 0.3) is 0 Å². The van der Waals surface area contributed by atoms with Gasteiger partial charge in [-0.1, -0.05) is 23.8 Å². The van der Waals surface area contributed by atoms with Crippen molar-refractivity contribution < 1.29 is 14.4 Å².